The van der Waals surface area contributed by atoms with Gasteiger partial charge in [0, 0.05) is 23.1 Å². The van der Waals surface area contributed by atoms with Gasteiger partial charge in [0.25, 0.3) is 5.91 Å². The van der Waals surface area contributed by atoms with Gasteiger partial charge in [0.15, 0.2) is 0 Å². The van der Waals surface area contributed by atoms with Gasteiger partial charge in [-0.1, -0.05) is 40.2 Å². The van der Waals surface area contributed by atoms with Crippen LogP contribution in [-0.4, -0.2) is 23.9 Å². The summed E-state index contributed by atoms with van der Waals surface area (Å²) >= 11 is 3.38. The van der Waals surface area contributed by atoms with E-state index in [0.29, 0.717) is 12.1 Å². The van der Waals surface area contributed by atoms with Crippen molar-refractivity contribution in [2.45, 2.75) is 25.9 Å². The van der Waals surface area contributed by atoms with E-state index < -0.39 is 0 Å². The van der Waals surface area contributed by atoms with E-state index in [4.69, 9.17) is 0 Å². The molecule has 0 radical (unpaired) electrons. The first-order valence-electron chi connectivity index (χ1n) is 8.05. The van der Waals surface area contributed by atoms with Gasteiger partial charge in [0.1, 0.15) is 0 Å². The summed E-state index contributed by atoms with van der Waals surface area (Å²) in [6.07, 6.45) is 2.62. The largest absolute Gasteiger partial charge is 0.348 e. The Kier molecular flexibility index (Phi) is 5.47. The monoisotopic (exact) mass is 372 g/mol. The number of hydrogen-bond donors (Lipinski definition) is 1. The maximum atomic E-state index is 12.2. The molecule has 0 bridgehead atoms. The van der Waals surface area contributed by atoms with Crippen LogP contribution in [0.4, 0.5) is 0 Å². The number of carbonyl (C=O) groups excluding carboxylic acids is 1. The minimum absolute atomic E-state index is 0.0394. The second-order valence-electron chi connectivity index (χ2n) is 5.99. The highest BCUT2D eigenvalue weighted by Gasteiger charge is 2.12. The number of amides is 1. The number of benzene rings is 2. The first-order valence-corrected chi connectivity index (χ1v) is 8.84. The molecule has 3 rings (SSSR count). The van der Waals surface area contributed by atoms with Crippen LogP contribution in [0.15, 0.2) is 53.0 Å². The highest BCUT2D eigenvalue weighted by Crippen LogP contribution is 2.14. The van der Waals surface area contributed by atoms with E-state index in [9.17, 15) is 4.79 Å². The standard InChI is InChI=1S/C19H21BrN2O/c20-18-8-6-17(7-9-18)19(23)21-13-15-4-3-5-16(12-15)14-22-10-1-2-11-22/h3-9,12H,1-2,10-11,13-14H2,(H,21,23). The Labute approximate surface area is 145 Å². The number of likely N-dealkylation sites (tertiary alicyclic amines) is 1. The lowest BCUT2D eigenvalue weighted by Crippen LogP contribution is -2.23. The molecule has 1 aliphatic rings. The van der Waals surface area contributed by atoms with E-state index >= 15 is 0 Å². The van der Waals surface area contributed by atoms with Crippen molar-refractivity contribution in [1.29, 1.82) is 0 Å². The first-order chi connectivity index (χ1) is 11.2. The fourth-order valence-corrected chi connectivity index (χ4v) is 3.19. The van der Waals surface area contributed by atoms with E-state index in [-0.39, 0.29) is 5.91 Å². The fourth-order valence-electron chi connectivity index (χ4n) is 2.92. The maximum absolute atomic E-state index is 12.2. The predicted octanol–water partition coefficient (Wildman–Crippen LogP) is 3.97. The molecule has 0 aliphatic carbocycles. The van der Waals surface area contributed by atoms with Crippen LogP contribution >= 0.6 is 15.9 Å². The minimum Gasteiger partial charge on any atom is -0.348 e. The lowest BCUT2D eigenvalue weighted by Gasteiger charge is -2.15. The second kappa shape index (κ2) is 7.75. The number of halogens is 1. The average Bonchev–Trinajstić information content (AvgIpc) is 3.07. The molecule has 4 heteroatoms. The van der Waals surface area contributed by atoms with E-state index in [0.717, 1.165) is 16.6 Å². The molecule has 1 saturated heterocycles. The molecule has 120 valence electrons. The third-order valence-corrected chi connectivity index (χ3v) is 4.68. The highest BCUT2D eigenvalue weighted by molar-refractivity contribution is 9.10. The summed E-state index contributed by atoms with van der Waals surface area (Å²) in [5.74, 6) is -0.0394. The van der Waals surface area contributed by atoms with Crippen molar-refractivity contribution in [3.63, 3.8) is 0 Å². The third-order valence-electron chi connectivity index (χ3n) is 4.16. The van der Waals surface area contributed by atoms with Crippen LogP contribution in [0.3, 0.4) is 0 Å². The summed E-state index contributed by atoms with van der Waals surface area (Å²) in [6.45, 7) is 3.96. The maximum Gasteiger partial charge on any atom is 0.251 e. The molecule has 1 heterocycles. The Morgan fingerprint density at radius 2 is 1.74 bits per heavy atom. The zero-order valence-electron chi connectivity index (χ0n) is 13.1. The van der Waals surface area contributed by atoms with Crippen molar-refractivity contribution in [2.24, 2.45) is 0 Å². The Morgan fingerprint density at radius 1 is 1.04 bits per heavy atom. The van der Waals surface area contributed by atoms with Crippen molar-refractivity contribution >= 4 is 21.8 Å². The van der Waals surface area contributed by atoms with Crippen LogP contribution in [0.5, 0.6) is 0 Å². The topological polar surface area (TPSA) is 32.3 Å². The number of nitrogens with one attached hydrogen (secondary N) is 1. The Bertz CT molecular complexity index is 663. The molecular formula is C19H21BrN2O. The number of hydrogen-bond acceptors (Lipinski definition) is 2. The van der Waals surface area contributed by atoms with Gasteiger partial charge in [-0.3, -0.25) is 9.69 Å². The van der Waals surface area contributed by atoms with E-state index in [2.05, 4.69) is 50.4 Å². The van der Waals surface area contributed by atoms with Crippen LogP contribution in [0.1, 0.15) is 34.3 Å². The second-order valence-corrected chi connectivity index (χ2v) is 6.91. The van der Waals surface area contributed by atoms with Gasteiger partial charge < -0.3 is 5.32 Å². The van der Waals surface area contributed by atoms with Crippen LogP contribution in [0.25, 0.3) is 0 Å². The lowest BCUT2D eigenvalue weighted by atomic mass is 10.1. The summed E-state index contributed by atoms with van der Waals surface area (Å²) in [4.78, 5) is 14.6. The van der Waals surface area contributed by atoms with Crippen LogP contribution in [-0.2, 0) is 13.1 Å². The molecule has 1 amide bonds. The average molecular weight is 373 g/mol. The lowest BCUT2D eigenvalue weighted by molar-refractivity contribution is 0.0951. The third kappa shape index (κ3) is 4.66. The number of rotatable bonds is 5. The van der Waals surface area contributed by atoms with Crippen molar-refractivity contribution < 1.29 is 4.79 Å². The molecule has 0 unspecified atom stereocenters. The van der Waals surface area contributed by atoms with Crippen LogP contribution in [0.2, 0.25) is 0 Å². The van der Waals surface area contributed by atoms with Gasteiger partial charge in [-0.05, 0) is 61.3 Å². The Balaban J connectivity index is 1.57. The molecule has 1 aliphatic heterocycles. The molecule has 23 heavy (non-hydrogen) atoms. The molecule has 0 spiro atoms. The first kappa shape index (κ1) is 16.2. The zero-order chi connectivity index (χ0) is 16.1. The summed E-state index contributed by atoms with van der Waals surface area (Å²) in [5.41, 5.74) is 3.15. The van der Waals surface area contributed by atoms with Gasteiger partial charge in [-0.2, -0.15) is 0 Å². The Morgan fingerprint density at radius 3 is 2.48 bits per heavy atom. The molecule has 0 aromatic heterocycles. The van der Waals surface area contributed by atoms with Gasteiger partial charge in [-0.25, -0.2) is 0 Å². The van der Waals surface area contributed by atoms with Crippen molar-refractivity contribution in [3.05, 3.63) is 69.7 Å². The smallest absolute Gasteiger partial charge is 0.251 e. The SMILES string of the molecule is O=C(NCc1cccc(CN2CCCC2)c1)c1ccc(Br)cc1. The van der Waals surface area contributed by atoms with E-state index in [1.165, 1.54) is 31.5 Å². The van der Waals surface area contributed by atoms with Crippen molar-refractivity contribution in [2.75, 3.05) is 13.1 Å². The Hall–Kier alpha value is -1.65. The molecule has 2 aromatic rings. The number of nitrogens with zero attached hydrogens (tertiary/aromatic N) is 1. The summed E-state index contributed by atoms with van der Waals surface area (Å²) < 4.78 is 0.976. The summed E-state index contributed by atoms with van der Waals surface area (Å²) in [5, 5.41) is 2.99. The molecule has 1 N–H and O–H groups in total. The molecule has 1 fully saturated rings. The van der Waals surface area contributed by atoms with Gasteiger partial charge in [0.2, 0.25) is 0 Å². The molecular weight excluding hydrogens is 352 g/mol. The highest BCUT2D eigenvalue weighted by atomic mass is 79.9. The van der Waals surface area contributed by atoms with Gasteiger partial charge in [0.05, 0.1) is 0 Å². The summed E-state index contributed by atoms with van der Waals surface area (Å²) in [7, 11) is 0. The molecule has 0 atom stereocenters. The van der Waals surface area contributed by atoms with Crippen molar-refractivity contribution in [3.8, 4) is 0 Å². The minimum atomic E-state index is -0.0394. The van der Waals surface area contributed by atoms with Crippen LogP contribution in [0, 0.1) is 0 Å². The van der Waals surface area contributed by atoms with E-state index in [1.54, 1.807) is 0 Å². The summed E-state index contributed by atoms with van der Waals surface area (Å²) in [6, 6.07) is 15.9. The van der Waals surface area contributed by atoms with Crippen LogP contribution < -0.4 is 5.32 Å². The quantitative estimate of drug-likeness (QED) is 0.860. The van der Waals surface area contributed by atoms with E-state index in [1.807, 2.05) is 24.3 Å². The van der Waals surface area contributed by atoms with Gasteiger partial charge in [-0.15, -0.1) is 0 Å². The van der Waals surface area contributed by atoms with Gasteiger partial charge >= 0.3 is 0 Å². The predicted molar refractivity (Wildman–Crippen MR) is 96.3 cm³/mol. The number of carbonyl (C=O) groups is 1. The molecule has 2 aromatic carbocycles. The zero-order valence-corrected chi connectivity index (χ0v) is 14.7. The van der Waals surface area contributed by atoms with Crippen molar-refractivity contribution in [1.82, 2.24) is 10.2 Å². The fraction of sp³-hybridized carbons (Fsp3) is 0.316. The normalized spacial score (nSPS) is 14.8. The molecule has 0 saturated carbocycles. The molecule has 3 nitrogen and oxygen atoms in total.